The number of nitrogens with one attached hydrogen (secondary N) is 1. The van der Waals surface area contributed by atoms with E-state index in [1.165, 1.54) is 6.07 Å². The van der Waals surface area contributed by atoms with Crippen molar-refractivity contribution in [3.8, 4) is 5.75 Å². The van der Waals surface area contributed by atoms with E-state index in [2.05, 4.69) is 10.4 Å². The number of carbonyl (C=O) groups excluding carboxylic acids is 1. The van der Waals surface area contributed by atoms with E-state index in [1.807, 2.05) is 0 Å². The van der Waals surface area contributed by atoms with Gasteiger partial charge in [-0.1, -0.05) is 6.07 Å². The molecule has 5 heteroatoms. The zero-order valence-electron chi connectivity index (χ0n) is 10.6. The van der Waals surface area contributed by atoms with Crippen LogP contribution in [0, 0.1) is 13.8 Å². The van der Waals surface area contributed by atoms with E-state index in [9.17, 15) is 9.90 Å². The zero-order valence-corrected chi connectivity index (χ0v) is 10.6. The van der Waals surface area contributed by atoms with Gasteiger partial charge in [0, 0.05) is 25.0 Å². The van der Waals surface area contributed by atoms with Crippen molar-refractivity contribution in [3.63, 3.8) is 0 Å². The Morgan fingerprint density at radius 3 is 2.67 bits per heavy atom. The maximum absolute atomic E-state index is 12.0. The van der Waals surface area contributed by atoms with Gasteiger partial charge in [0.2, 0.25) is 0 Å². The molecule has 0 atom stereocenters. The molecule has 0 aliphatic rings. The van der Waals surface area contributed by atoms with Crippen molar-refractivity contribution in [1.29, 1.82) is 0 Å². The molecule has 0 unspecified atom stereocenters. The molecule has 1 heterocycles. The Morgan fingerprint density at radius 1 is 1.39 bits per heavy atom. The lowest BCUT2D eigenvalue weighted by Gasteiger charge is -2.06. The van der Waals surface area contributed by atoms with Crippen LogP contribution in [0.25, 0.3) is 0 Å². The molecule has 2 aromatic rings. The maximum atomic E-state index is 12.0. The van der Waals surface area contributed by atoms with Gasteiger partial charge in [0.1, 0.15) is 5.75 Å². The molecular weight excluding hydrogens is 230 g/mol. The highest BCUT2D eigenvalue weighted by Crippen LogP contribution is 2.21. The summed E-state index contributed by atoms with van der Waals surface area (Å²) in [5, 5.41) is 16.4. The number of carbonyl (C=O) groups is 1. The summed E-state index contributed by atoms with van der Waals surface area (Å²) in [4.78, 5) is 12.0. The normalized spacial score (nSPS) is 10.4. The second kappa shape index (κ2) is 4.52. The molecule has 0 radical (unpaired) electrons. The van der Waals surface area contributed by atoms with E-state index in [4.69, 9.17) is 0 Å². The third-order valence-corrected chi connectivity index (χ3v) is 2.73. The highest BCUT2D eigenvalue weighted by atomic mass is 16.3. The summed E-state index contributed by atoms with van der Waals surface area (Å²) < 4.78 is 1.59. The van der Waals surface area contributed by atoms with Gasteiger partial charge in [-0.2, -0.15) is 5.10 Å². The molecule has 5 nitrogen and oxygen atoms in total. The van der Waals surface area contributed by atoms with Crippen LogP contribution in [0.15, 0.2) is 24.4 Å². The summed E-state index contributed by atoms with van der Waals surface area (Å²) in [6, 6.07) is 5.03. The van der Waals surface area contributed by atoms with Crippen molar-refractivity contribution in [2.75, 3.05) is 5.32 Å². The van der Waals surface area contributed by atoms with Gasteiger partial charge in [0.05, 0.1) is 11.3 Å². The Hall–Kier alpha value is -2.30. The van der Waals surface area contributed by atoms with Crippen LogP contribution < -0.4 is 5.32 Å². The second-order valence-corrected chi connectivity index (χ2v) is 4.26. The molecule has 0 saturated heterocycles. The molecule has 2 N–H and O–H groups in total. The van der Waals surface area contributed by atoms with Crippen LogP contribution in [0.5, 0.6) is 5.75 Å². The molecule has 18 heavy (non-hydrogen) atoms. The van der Waals surface area contributed by atoms with Crippen LogP contribution in [0.1, 0.15) is 21.6 Å². The van der Waals surface area contributed by atoms with Gasteiger partial charge in [0.25, 0.3) is 5.91 Å². The molecular formula is C13H15N3O2. The predicted octanol–water partition coefficient (Wildman–Crippen LogP) is 1.99. The van der Waals surface area contributed by atoms with E-state index in [0.29, 0.717) is 16.9 Å². The van der Waals surface area contributed by atoms with Gasteiger partial charge in [-0.05, 0) is 25.5 Å². The standard InChI is InChI=1S/C13H15N3O2/c1-8-4-5-10(6-12(8)17)14-13(18)11-7-16(3)15-9(11)2/h4-7,17H,1-3H3,(H,14,18). The first-order chi connectivity index (χ1) is 8.47. The topological polar surface area (TPSA) is 67.2 Å². The fourth-order valence-electron chi connectivity index (χ4n) is 1.71. The summed E-state index contributed by atoms with van der Waals surface area (Å²) in [6.07, 6.45) is 1.67. The number of phenolic OH excluding ortho intramolecular Hbond substituents is 1. The van der Waals surface area contributed by atoms with Crippen LogP contribution in [0.3, 0.4) is 0 Å². The van der Waals surface area contributed by atoms with Crippen LogP contribution in [-0.2, 0) is 7.05 Å². The van der Waals surface area contributed by atoms with Gasteiger partial charge in [0.15, 0.2) is 0 Å². The average Bonchev–Trinajstić information content (AvgIpc) is 2.63. The fourth-order valence-corrected chi connectivity index (χ4v) is 1.71. The SMILES string of the molecule is Cc1ccc(NC(=O)c2cn(C)nc2C)cc1O. The number of aromatic nitrogens is 2. The van der Waals surface area contributed by atoms with Gasteiger partial charge < -0.3 is 10.4 Å². The largest absolute Gasteiger partial charge is 0.508 e. The van der Waals surface area contributed by atoms with Crippen LogP contribution in [0.4, 0.5) is 5.69 Å². The fraction of sp³-hybridized carbons (Fsp3) is 0.231. The molecule has 2 rings (SSSR count). The van der Waals surface area contributed by atoms with E-state index in [1.54, 1.807) is 43.9 Å². The van der Waals surface area contributed by atoms with E-state index >= 15 is 0 Å². The first-order valence-corrected chi connectivity index (χ1v) is 5.58. The number of hydrogen-bond donors (Lipinski definition) is 2. The first kappa shape index (κ1) is 12.2. The Kier molecular flexibility index (Phi) is 3.06. The molecule has 0 aliphatic heterocycles. The van der Waals surface area contributed by atoms with Crippen LogP contribution in [-0.4, -0.2) is 20.8 Å². The van der Waals surface area contributed by atoms with Gasteiger partial charge >= 0.3 is 0 Å². The highest BCUT2D eigenvalue weighted by Gasteiger charge is 2.12. The van der Waals surface area contributed by atoms with E-state index in [-0.39, 0.29) is 11.7 Å². The maximum Gasteiger partial charge on any atom is 0.259 e. The number of rotatable bonds is 2. The second-order valence-electron chi connectivity index (χ2n) is 4.26. The average molecular weight is 245 g/mol. The molecule has 0 fully saturated rings. The number of aryl methyl sites for hydroxylation is 3. The molecule has 0 bridgehead atoms. The van der Waals surface area contributed by atoms with Gasteiger partial charge in [-0.15, -0.1) is 0 Å². The van der Waals surface area contributed by atoms with Crippen molar-refractivity contribution in [2.45, 2.75) is 13.8 Å². The lowest BCUT2D eigenvalue weighted by Crippen LogP contribution is -2.12. The quantitative estimate of drug-likeness (QED) is 0.850. The number of anilines is 1. The number of nitrogens with zero attached hydrogens (tertiary/aromatic N) is 2. The molecule has 0 spiro atoms. The highest BCUT2D eigenvalue weighted by molar-refractivity contribution is 6.04. The minimum Gasteiger partial charge on any atom is -0.508 e. The molecule has 1 amide bonds. The first-order valence-electron chi connectivity index (χ1n) is 5.58. The summed E-state index contributed by atoms with van der Waals surface area (Å²) in [7, 11) is 1.77. The molecule has 0 aliphatic carbocycles. The summed E-state index contributed by atoms with van der Waals surface area (Å²) in [6.45, 7) is 3.58. The summed E-state index contributed by atoms with van der Waals surface area (Å²) in [5.74, 6) is -0.0699. The number of phenols is 1. The van der Waals surface area contributed by atoms with Crippen molar-refractivity contribution in [1.82, 2.24) is 9.78 Å². The summed E-state index contributed by atoms with van der Waals surface area (Å²) in [5.41, 5.74) is 2.53. The van der Waals surface area contributed by atoms with E-state index in [0.717, 1.165) is 5.56 Å². The van der Waals surface area contributed by atoms with Crippen molar-refractivity contribution >= 4 is 11.6 Å². The predicted molar refractivity (Wildman–Crippen MR) is 68.7 cm³/mol. The van der Waals surface area contributed by atoms with E-state index < -0.39 is 0 Å². The van der Waals surface area contributed by atoms with Crippen LogP contribution in [0.2, 0.25) is 0 Å². The number of benzene rings is 1. The lowest BCUT2D eigenvalue weighted by molar-refractivity contribution is 0.102. The minimum absolute atomic E-state index is 0.163. The Balaban J connectivity index is 2.21. The van der Waals surface area contributed by atoms with Crippen molar-refractivity contribution in [2.24, 2.45) is 7.05 Å². The van der Waals surface area contributed by atoms with Crippen LogP contribution >= 0.6 is 0 Å². The van der Waals surface area contributed by atoms with Gasteiger partial charge in [-0.25, -0.2) is 0 Å². The summed E-state index contributed by atoms with van der Waals surface area (Å²) >= 11 is 0. The van der Waals surface area contributed by atoms with Crippen molar-refractivity contribution < 1.29 is 9.90 Å². The van der Waals surface area contributed by atoms with Gasteiger partial charge in [-0.3, -0.25) is 9.48 Å². The Bertz CT molecular complexity index is 602. The number of amides is 1. The smallest absolute Gasteiger partial charge is 0.259 e. The molecule has 94 valence electrons. The zero-order chi connectivity index (χ0) is 13.3. The minimum atomic E-state index is -0.233. The Labute approximate surface area is 105 Å². The van der Waals surface area contributed by atoms with Crippen molar-refractivity contribution in [3.05, 3.63) is 41.2 Å². The third kappa shape index (κ3) is 2.34. The number of aromatic hydroxyl groups is 1. The lowest BCUT2D eigenvalue weighted by atomic mass is 10.2. The molecule has 0 saturated carbocycles. The molecule has 1 aromatic heterocycles. The molecule has 1 aromatic carbocycles. The third-order valence-electron chi connectivity index (χ3n) is 2.73. The Morgan fingerprint density at radius 2 is 2.11 bits per heavy atom. The number of hydrogen-bond acceptors (Lipinski definition) is 3. The monoisotopic (exact) mass is 245 g/mol.